The van der Waals surface area contributed by atoms with E-state index < -0.39 is 11.4 Å². The first kappa shape index (κ1) is 13.7. The molecule has 0 radical (unpaired) electrons. The Bertz CT molecular complexity index is 341. The summed E-state index contributed by atoms with van der Waals surface area (Å²) in [6.07, 6.45) is 4.32. The molecule has 3 atom stereocenters. The largest absolute Gasteiger partial charge is 0.481 e. The second kappa shape index (κ2) is 5.51. The van der Waals surface area contributed by atoms with Gasteiger partial charge >= 0.3 is 5.97 Å². The summed E-state index contributed by atoms with van der Waals surface area (Å²) in [6.45, 7) is 1.77. The molecule has 0 spiro atoms. The highest BCUT2D eigenvalue weighted by atomic mass is 32.2. The van der Waals surface area contributed by atoms with E-state index in [-0.39, 0.29) is 17.9 Å². The highest BCUT2D eigenvalue weighted by Crippen LogP contribution is 2.37. The summed E-state index contributed by atoms with van der Waals surface area (Å²) in [5.74, 6) is 1.27. The summed E-state index contributed by atoms with van der Waals surface area (Å²) in [5, 5.41) is 12.4. The molecule has 0 bridgehead atoms. The van der Waals surface area contributed by atoms with E-state index in [2.05, 4.69) is 5.32 Å². The maximum atomic E-state index is 12.1. The number of aliphatic carboxylic acids is 1. The second-order valence-electron chi connectivity index (χ2n) is 5.59. The Morgan fingerprint density at radius 3 is 2.72 bits per heavy atom. The second-order valence-corrected chi connectivity index (χ2v) is 6.74. The molecular formula is C13H21NO3S. The summed E-state index contributed by atoms with van der Waals surface area (Å²) in [4.78, 5) is 23.5. The average molecular weight is 271 g/mol. The molecule has 1 aliphatic heterocycles. The number of amides is 1. The van der Waals surface area contributed by atoms with E-state index in [9.17, 15) is 14.7 Å². The maximum absolute atomic E-state index is 12.1. The van der Waals surface area contributed by atoms with Gasteiger partial charge in [-0.25, -0.2) is 0 Å². The summed E-state index contributed by atoms with van der Waals surface area (Å²) >= 11 is 1.80. The number of carbonyl (C=O) groups excluding carboxylic acids is 1. The van der Waals surface area contributed by atoms with Crippen LogP contribution in [0, 0.1) is 11.3 Å². The predicted octanol–water partition coefficient (Wildman–Crippen LogP) is 1.89. The van der Waals surface area contributed by atoms with Crippen LogP contribution in [0.2, 0.25) is 0 Å². The van der Waals surface area contributed by atoms with Crippen molar-refractivity contribution in [3.63, 3.8) is 0 Å². The molecule has 1 heterocycles. The number of hydrogen-bond donors (Lipinski definition) is 2. The molecular weight excluding hydrogens is 250 g/mol. The van der Waals surface area contributed by atoms with Crippen molar-refractivity contribution in [3.8, 4) is 0 Å². The van der Waals surface area contributed by atoms with Crippen molar-refractivity contribution in [3.05, 3.63) is 0 Å². The number of rotatable bonds is 3. The minimum atomic E-state index is -0.792. The highest BCUT2D eigenvalue weighted by Gasteiger charge is 2.44. The predicted molar refractivity (Wildman–Crippen MR) is 71.6 cm³/mol. The Morgan fingerprint density at radius 2 is 2.11 bits per heavy atom. The monoisotopic (exact) mass is 271 g/mol. The van der Waals surface area contributed by atoms with Gasteiger partial charge in [0.25, 0.3) is 0 Å². The Balaban J connectivity index is 2.01. The van der Waals surface area contributed by atoms with Crippen LogP contribution in [0.25, 0.3) is 0 Å². The zero-order chi connectivity index (χ0) is 13.2. The van der Waals surface area contributed by atoms with Crippen LogP contribution >= 0.6 is 11.8 Å². The van der Waals surface area contributed by atoms with Crippen molar-refractivity contribution in [2.45, 2.75) is 45.1 Å². The number of nitrogens with one attached hydrogen (secondary N) is 1. The molecule has 2 N–H and O–H groups in total. The minimum absolute atomic E-state index is 0.0550. The Kier molecular flexibility index (Phi) is 4.20. The van der Waals surface area contributed by atoms with Crippen LogP contribution < -0.4 is 5.32 Å². The first-order chi connectivity index (χ1) is 8.54. The Labute approximate surface area is 112 Å². The third-order valence-corrected chi connectivity index (χ3v) is 5.48. The van der Waals surface area contributed by atoms with Gasteiger partial charge in [-0.05, 0) is 31.9 Å². The van der Waals surface area contributed by atoms with Crippen molar-refractivity contribution in [1.82, 2.24) is 5.32 Å². The Hall–Kier alpha value is -0.710. The first-order valence-corrected chi connectivity index (χ1v) is 7.81. The molecule has 102 valence electrons. The van der Waals surface area contributed by atoms with Crippen molar-refractivity contribution < 1.29 is 14.7 Å². The van der Waals surface area contributed by atoms with Gasteiger partial charge in [0.05, 0.1) is 5.41 Å². The van der Waals surface area contributed by atoms with Gasteiger partial charge in [-0.1, -0.05) is 12.8 Å². The van der Waals surface area contributed by atoms with Crippen LogP contribution in [0.15, 0.2) is 0 Å². The molecule has 18 heavy (non-hydrogen) atoms. The lowest BCUT2D eigenvalue weighted by Gasteiger charge is -2.38. The molecule has 0 aromatic carbocycles. The molecule has 0 aromatic heterocycles. The van der Waals surface area contributed by atoms with Gasteiger partial charge in [0.15, 0.2) is 0 Å². The van der Waals surface area contributed by atoms with Gasteiger partial charge in [-0.15, -0.1) is 0 Å². The average Bonchev–Trinajstić information content (AvgIpc) is 2.85. The molecule has 1 saturated carbocycles. The van der Waals surface area contributed by atoms with E-state index >= 15 is 0 Å². The fraction of sp³-hybridized carbons (Fsp3) is 0.846. The fourth-order valence-electron chi connectivity index (χ4n) is 2.85. The lowest BCUT2D eigenvalue weighted by Crippen LogP contribution is -2.53. The summed E-state index contributed by atoms with van der Waals surface area (Å²) in [6, 6.07) is -0.207. The van der Waals surface area contributed by atoms with Gasteiger partial charge in [-0.2, -0.15) is 11.8 Å². The van der Waals surface area contributed by atoms with E-state index in [1.54, 1.807) is 18.7 Å². The molecule has 3 unspecified atom stereocenters. The fourth-order valence-corrected chi connectivity index (χ4v) is 4.07. The molecule has 2 aliphatic rings. The van der Waals surface area contributed by atoms with Crippen molar-refractivity contribution >= 4 is 23.6 Å². The first-order valence-electron chi connectivity index (χ1n) is 6.65. The van der Waals surface area contributed by atoms with Crippen LogP contribution in [0.5, 0.6) is 0 Å². The number of hydrogen-bond acceptors (Lipinski definition) is 3. The van der Waals surface area contributed by atoms with E-state index in [1.807, 2.05) is 0 Å². The van der Waals surface area contributed by atoms with Gasteiger partial charge in [0.1, 0.15) is 0 Å². The quantitative estimate of drug-likeness (QED) is 0.822. The van der Waals surface area contributed by atoms with Gasteiger partial charge in [0.2, 0.25) is 5.91 Å². The van der Waals surface area contributed by atoms with Gasteiger partial charge in [0, 0.05) is 17.7 Å². The smallest absolute Gasteiger partial charge is 0.311 e. The van der Waals surface area contributed by atoms with Crippen LogP contribution in [0.3, 0.4) is 0 Å². The van der Waals surface area contributed by atoms with Gasteiger partial charge in [-0.3, -0.25) is 9.59 Å². The summed E-state index contributed by atoms with van der Waals surface area (Å²) in [5.41, 5.74) is -0.792. The molecule has 1 aliphatic carbocycles. The summed E-state index contributed by atoms with van der Waals surface area (Å²) < 4.78 is 0. The van der Waals surface area contributed by atoms with E-state index in [1.165, 1.54) is 0 Å². The molecule has 2 rings (SSSR count). The number of carboxylic acid groups (broad SMARTS) is 1. The molecule has 5 heteroatoms. The highest BCUT2D eigenvalue weighted by molar-refractivity contribution is 7.99. The Morgan fingerprint density at radius 1 is 1.33 bits per heavy atom. The van der Waals surface area contributed by atoms with Gasteiger partial charge < -0.3 is 10.4 Å². The van der Waals surface area contributed by atoms with E-state index in [0.717, 1.165) is 37.2 Å². The number of carboxylic acids is 1. The SMILES string of the molecule is CC1(C(=O)O)CCCCC1NC(=O)C1CCSC1. The third kappa shape index (κ3) is 2.66. The van der Waals surface area contributed by atoms with Crippen LogP contribution in [0.1, 0.15) is 39.0 Å². The molecule has 1 saturated heterocycles. The minimum Gasteiger partial charge on any atom is -0.481 e. The van der Waals surface area contributed by atoms with Crippen molar-refractivity contribution in [2.75, 3.05) is 11.5 Å². The molecule has 1 amide bonds. The van der Waals surface area contributed by atoms with E-state index in [0.29, 0.717) is 6.42 Å². The van der Waals surface area contributed by atoms with Crippen LogP contribution in [-0.2, 0) is 9.59 Å². The summed E-state index contributed by atoms with van der Waals surface area (Å²) in [7, 11) is 0. The zero-order valence-electron chi connectivity index (χ0n) is 10.8. The molecule has 4 nitrogen and oxygen atoms in total. The van der Waals surface area contributed by atoms with Crippen molar-refractivity contribution in [2.24, 2.45) is 11.3 Å². The number of carbonyl (C=O) groups is 2. The lowest BCUT2D eigenvalue weighted by atomic mass is 9.71. The van der Waals surface area contributed by atoms with E-state index in [4.69, 9.17) is 0 Å². The molecule has 2 fully saturated rings. The third-order valence-electron chi connectivity index (χ3n) is 4.31. The van der Waals surface area contributed by atoms with Crippen LogP contribution in [0.4, 0.5) is 0 Å². The zero-order valence-corrected chi connectivity index (χ0v) is 11.6. The number of thioether (sulfide) groups is 1. The molecule has 0 aromatic rings. The standard InChI is InChI=1S/C13H21NO3S/c1-13(12(16)17)6-3-2-4-10(13)14-11(15)9-5-7-18-8-9/h9-10H,2-8H2,1H3,(H,14,15)(H,16,17). The van der Waals surface area contributed by atoms with Crippen molar-refractivity contribution in [1.29, 1.82) is 0 Å². The maximum Gasteiger partial charge on any atom is 0.311 e. The topological polar surface area (TPSA) is 66.4 Å². The normalized spacial score (nSPS) is 36.3. The lowest BCUT2D eigenvalue weighted by molar-refractivity contribution is -0.152. The van der Waals surface area contributed by atoms with Crippen LogP contribution in [-0.4, -0.2) is 34.5 Å².